The predicted octanol–water partition coefficient (Wildman–Crippen LogP) is 4.44. The summed E-state index contributed by atoms with van der Waals surface area (Å²) < 4.78 is 7.55. The summed E-state index contributed by atoms with van der Waals surface area (Å²) in [4.78, 5) is 16.1. The SMILES string of the molecule is CCCCOc1ccc(-c2nnc(SCC(=O)Nc3cccnc3Cl)n2C)cc1. The average molecular weight is 432 g/mol. The van der Waals surface area contributed by atoms with Gasteiger partial charge in [-0.05, 0) is 42.8 Å². The zero-order valence-electron chi connectivity index (χ0n) is 16.3. The van der Waals surface area contributed by atoms with Crippen molar-refractivity contribution in [3.63, 3.8) is 0 Å². The van der Waals surface area contributed by atoms with E-state index in [4.69, 9.17) is 16.3 Å². The zero-order chi connectivity index (χ0) is 20.6. The van der Waals surface area contributed by atoms with Gasteiger partial charge in [-0.1, -0.05) is 36.7 Å². The molecule has 1 amide bonds. The Hall–Kier alpha value is -2.58. The number of hydrogen-bond acceptors (Lipinski definition) is 6. The number of aromatic nitrogens is 4. The van der Waals surface area contributed by atoms with E-state index in [-0.39, 0.29) is 16.8 Å². The van der Waals surface area contributed by atoms with Crippen LogP contribution in [0.2, 0.25) is 5.15 Å². The number of benzene rings is 1. The van der Waals surface area contributed by atoms with Gasteiger partial charge >= 0.3 is 0 Å². The lowest BCUT2D eigenvalue weighted by molar-refractivity contribution is -0.113. The molecule has 152 valence electrons. The molecule has 3 aromatic rings. The number of anilines is 1. The second-order valence-corrected chi connectivity index (χ2v) is 7.57. The van der Waals surface area contributed by atoms with Crippen molar-refractivity contribution in [1.82, 2.24) is 19.7 Å². The van der Waals surface area contributed by atoms with Crippen LogP contribution < -0.4 is 10.1 Å². The molecule has 9 heteroatoms. The molecule has 1 N–H and O–H groups in total. The number of pyridine rings is 1. The number of hydrogen-bond donors (Lipinski definition) is 1. The molecule has 7 nitrogen and oxygen atoms in total. The van der Waals surface area contributed by atoms with E-state index in [0.717, 1.165) is 30.0 Å². The van der Waals surface area contributed by atoms with Crippen molar-refractivity contribution in [2.75, 3.05) is 17.7 Å². The minimum Gasteiger partial charge on any atom is -0.494 e. The van der Waals surface area contributed by atoms with Crippen LogP contribution in [-0.4, -0.2) is 38.0 Å². The zero-order valence-corrected chi connectivity index (χ0v) is 17.8. The molecular formula is C20H22ClN5O2S. The van der Waals surface area contributed by atoms with E-state index in [1.165, 1.54) is 11.8 Å². The van der Waals surface area contributed by atoms with Gasteiger partial charge in [0.15, 0.2) is 16.1 Å². The summed E-state index contributed by atoms with van der Waals surface area (Å²) in [7, 11) is 1.87. The first kappa shape index (κ1) is 21.1. The number of carbonyl (C=O) groups is 1. The normalized spacial score (nSPS) is 10.7. The van der Waals surface area contributed by atoms with E-state index in [0.29, 0.717) is 17.5 Å². The summed E-state index contributed by atoms with van der Waals surface area (Å²) in [5, 5.41) is 12.1. The van der Waals surface area contributed by atoms with E-state index in [1.807, 2.05) is 35.9 Å². The molecule has 2 aromatic heterocycles. The molecule has 0 fully saturated rings. The number of nitrogens with one attached hydrogen (secondary N) is 1. The predicted molar refractivity (Wildman–Crippen MR) is 115 cm³/mol. The standard InChI is InChI=1S/C20H22ClN5O2S/c1-3-4-12-28-15-9-7-14(8-10-15)19-24-25-20(26(19)2)29-13-17(27)23-16-6-5-11-22-18(16)21/h5-11H,3-4,12-13H2,1-2H3,(H,23,27). The summed E-state index contributed by atoms with van der Waals surface area (Å²) in [6.07, 6.45) is 3.70. The van der Waals surface area contributed by atoms with Crippen LogP contribution in [0.1, 0.15) is 19.8 Å². The first-order valence-electron chi connectivity index (χ1n) is 9.24. The molecule has 0 radical (unpaired) electrons. The molecule has 0 spiro atoms. The molecule has 1 aromatic carbocycles. The van der Waals surface area contributed by atoms with Crippen molar-refractivity contribution in [2.45, 2.75) is 24.9 Å². The van der Waals surface area contributed by atoms with Crippen molar-refractivity contribution in [3.05, 3.63) is 47.7 Å². The lowest BCUT2D eigenvalue weighted by Gasteiger charge is -2.07. The van der Waals surface area contributed by atoms with Crippen LogP contribution in [0.25, 0.3) is 11.4 Å². The third-order valence-corrected chi connectivity index (χ3v) is 5.40. The lowest BCUT2D eigenvalue weighted by atomic mass is 10.2. The van der Waals surface area contributed by atoms with Gasteiger partial charge in [-0.2, -0.15) is 0 Å². The van der Waals surface area contributed by atoms with Crippen molar-refractivity contribution in [3.8, 4) is 17.1 Å². The fourth-order valence-electron chi connectivity index (χ4n) is 2.52. The second-order valence-electron chi connectivity index (χ2n) is 6.27. The van der Waals surface area contributed by atoms with Gasteiger partial charge in [0.1, 0.15) is 5.75 Å². The summed E-state index contributed by atoms with van der Waals surface area (Å²) in [5.74, 6) is 1.55. The number of nitrogens with zero attached hydrogens (tertiary/aromatic N) is 4. The lowest BCUT2D eigenvalue weighted by Crippen LogP contribution is -2.15. The molecule has 0 aliphatic carbocycles. The van der Waals surface area contributed by atoms with Crippen LogP contribution in [0.4, 0.5) is 5.69 Å². The van der Waals surface area contributed by atoms with Crippen LogP contribution in [0, 0.1) is 0 Å². The molecule has 0 aliphatic heterocycles. The van der Waals surface area contributed by atoms with Gasteiger partial charge in [-0.3, -0.25) is 4.79 Å². The van der Waals surface area contributed by atoms with E-state index in [2.05, 4.69) is 27.4 Å². The topological polar surface area (TPSA) is 81.9 Å². The number of carbonyl (C=O) groups excluding carboxylic acids is 1. The highest BCUT2D eigenvalue weighted by Gasteiger charge is 2.14. The van der Waals surface area contributed by atoms with Gasteiger partial charge in [-0.15, -0.1) is 10.2 Å². The third-order valence-electron chi connectivity index (χ3n) is 4.08. The highest BCUT2D eigenvalue weighted by molar-refractivity contribution is 7.99. The Morgan fingerprint density at radius 2 is 2.03 bits per heavy atom. The number of unbranched alkanes of at least 4 members (excludes halogenated alkanes) is 1. The number of rotatable bonds is 9. The van der Waals surface area contributed by atoms with E-state index in [9.17, 15) is 4.79 Å². The fraction of sp³-hybridized carbons (Fsp3) is 0.300. The van der Waals surface area contributed by atoms with Crippen molar-refractivity contribution < 1.29 is 9.53 Å². The molecule has 3 rings (SSSR count). The molecule has 0 saturated heterocycles. The second kappa shape index (κ2) is 10.3. The van der Waals surface area contributed by atoms with Gasteiger partial charge < -0.3 is 14.6 Å². The Kier molecular flexibility index (Phi) is 7.48. The Morgan fingerprint density at radius 3 is 2.76 bits per heavy atom. The van der Waals surface area contributed by atoms with Gasteiger partial charge in [0.2, 0.25) is 5.91 Å². The Labute approximate surface area is 178 Å². The number of amides is 1. The van der Waals surface area contributed by atoms with E-state index < -0.39 is 0 Å². The van der Waals surface area contributed by atoms with Crippen LogP contribution in [0.3, 0.4) is 0 Å². The van der Waals surface area contributed by atoms with Crippen molar-refractivity contribution in [1.29, 1.82) is 0 Å². The maximum atomic E-state index is 12.2. The first-order valence-corrected chi connectivity index (χ1v) is 10.6. The molecule has 0 aliphatic rings. The average Bonchev–Trinajstić information content (AvgIpc) is 3.09. The van der Waals surface area contributed by atoms with Crippen LogP contribution in [0.15, 0.2) is 47.8 Å². The largest absolute Gasteiger partial charge is 0.494 e. The molecule has 0 bridgehead atoms. The smallest absolute Gasteiger partial charge is 0.234 e. The summed E-state index contributed by atoms with van der Waals surface area (Å²) >= 11 is 7.26. The molecule has 0 saturated carbocycles. The summed E-state index contributed by atoms with van der Waals surface area (Å²) in [6.45, 7) is 2.85. The van der Waals surface area contributed by atoms with E-state index in [1.54, 1.807) is 18.3 Å². The summed E-state index contributed by atoms with van der Waals surface area (Å²) in [6, 6.07) is 11.2. The number of halogens is 1. The fourth-order valence-corrected chi connectivity index (χ4v) is 3.40. The molecule has 0 unspecified atom stereocenters. The van der Waals surface area contributed by atoms with Crippen LogP contribution in [-0.2, 0) is 11.8 Å². The van der Waals surface area contributed by atoms with Crippen molar-refractivity contribution in [2.24, 2.45) is 7.05 Å². The van der Waals surface area contributed by atoms with Crippen LogP contribution in [0.5, 0.6) is 5.75 Å². The Morgan fingerprint density at radius 1 is 1.24 bits per heavy atom. The van der Waals surface area contributed by atoms with Gasteiger partial charge in [-0.25, -0.2) is 4.98 Å². The number of thioether (sulfide) groups is 1. The summed E-state index contributed by atoms with van der Waals surface area (Å²) in [5.41, 5.74) is 1.42. The minimum absolute atomic E-state index is 0.182. The monoisotopic (exact) mass is 431 g/mol. The first-order chi connectivity index (χ1) is 14.1. The highest BCUT2D eigenvalue weighted by atomic mass is 35.5. The number of ether oxygens (including phenoxy) is 1. The Bertz CT molecular complexity index is 962. The highest BCUT2D eigenvalue weighted by Crippen LogP contribution is 2.25. The van der Waals surface area contributed by atoms with Gasteiger partial charge in [0, 0.05) is 18.8 Å². The van der Waals surface area contributed by atoms with E-state index >= 15 is 0 Å². The maximum Gasteiger partial charge on any atom is 0.234 e. The van der Waals surface area contributed by atoms with Crippen molar-refractivity contribution >= 4 is 35.0 Å². The third kappa shape index (κ3) is 5.71. The minimum atomic E-state index is -0.192. The Balaban J connectivity index is 1.59. The van der Waals surface area contributed by atoms with Gasteiger partial charge in [0.25, 0.3) is 0 Å². The molecule has 29 heavy (non-hydrogen) atoms. The maximum absolute atomic E-state index is 12.2. The molecule has 2 heterocycles. The van der Waals surface area contributed by atoms with Crippen LogP contribution >= 0.6 is 23.4 Å². The van der Waals surface area contributed by atoms with Gasteiger partial charge in [0.05, 0.1) is 18.0 Å². The molecule has 0 atom stereocenters. The quantitative estimate of drug-likeness (QED) is 0.306. The molecular weight excluding hydrogens is 410 g/mol.